The average Bonchev–Trinajstić information content (AvgIpc) is 3.38. The van der Waals surface area contributed by atoms with Crippen LogP contribution in [0.4, 0.5) is 4.79 Å². The third-order valence-corrected chi connectivity index (χ3v) is 4.94. The number of nitrogens with zero attached hydrogens (tertiary/aromatic N) is 3. The lowest BCUT2D eigenvalue weighted by molar-refractivity contribution is -0.145. The van der Waals surface area contributed by atoms with E-state index in [1.165, 1.54) is 4.90 Å². The smallest absolute Gasteiger partial charge is 0.326 e. The molecular weight excluding hydrogens is 410 g/mol. The number of carboxylic acid groups (broad SMARTS) is 2. The van der Waals surface area contributed by atoms with Gasteiger partial charge >= 0.3 is 18.0 Å². The second-order valence-electron chi connectivity index (χ2n) is 7.25. The van der Waals surface area contributed by atoms with Gasteiger partial charge < -0.3 is 35.7 Å². The molecule has 3 rings (SSSR count). The lowest BCUT2D eigenvalue weighted by atomic mass is 10.1. The Kier molecular flexibility index (Phi) is 6.70. The van der Waals surface area contributed by atoms with Crippen molar-refractivity contribution in [2.45, 2.75) is 43.8 Å². The summed E-state index contributed by atoms with van der Waals surface area (Å²) in [5.74, 6) is -2.27. The Morgan fingerprint density at radius 3 is 2.58 bits per heavy atom. The summed E-state index contributed by atoms with van der Waals surface area (Å²) in [5.41, 5.74) is 7.01. The normalized spacial score (nSPS) is 17.8. The zero-order valence-corrected chi connectivity index (χ0v) is 16.5. The number of phenols is 1. The first-order valence-electron chi connectivity index (χ1n) is 9.63. The van der Waals surface area contributed by atoms with Gasteiger partial charge in [0.1, 0.15) is 17.8 Å². The molecule has 0 aliphatic carbocycles. The van der Waals surface area contributed by atoms with Crippen molar-refractivity contribution in [1.82, 2.24) is 20.4 Å². The first-order valence-corrected chi connectivity index (χ1v) is 9.63. The number of carboxylic acids is 2. The lowest BCUT2D eigenvalue weighted by Gasteiger charge is -2.24. The Hall–Kier alpha value is -3.67. The highest BCUT2D eigenvalue weighted by Gasteiger charge is 2.36. The number of likely N-dealkylation sites (tertiary alicyclic amines) is 1. The molecule has 12 heteroatoms. The van der Waals surface area contributed by atoms with E-state index < -0.39 is 42.5 Å². The molecule has 1 aliphatic heterocycles. The number of hydrogen-bond donors (Lipinski definition) is 5. The van der Waals surface area contributed by atoms with Crippen LogP contribution < -0.4 is 11.1 Å². The first kappa shape index (κ1) is 22.0. The largest absolute Gasteiger partial charge is 0.508 e. The fourth-order valence-corrected chi connectivity index (χ4v) is 3.38. The van der Waals surface area contributed by atoms with Crippen molar-refractivity contribution >= 4 is 18.0 Å². The highest BCUT2D eigenvalue weighted by molar-refractivity contribution is 5.86. The van der Waals surface area contributed by atoms with E-state index in [-0.39, 0.29) is 17.5 Å². The van der Waals surface area contributed by atoms with Gasteiger partial charge in [0.05, 0.1) is 12.5 Å². The molecule has 2 heterocycles. The first-order chi connectivity index (χ1) is 14.7. The van der Waals surface area contributed by atoms with Crippen LogP contribution in [-0.4, -0.2) is 61.0 Å². The number of aromatic nitrogens is 2. The summed E-state index contributed by atoms with van der Waals surface area (Å²) in [6.07, 6.45) is 0.813. The average molecular weight is 433 g/mol. The van der Waals surface area contributed by atoms with Crippen molar-refractivity contribution in [2.75, 3.05) is 6.54 Å². The van der Waals surface area contributed by atoms with E-state index in [9.17, 15) is 19.5 Å². The summed E-state index contributed by atoms with van der Waals surface area (Å²) in [5, 5.41) is 37.5. The molecule has 1 saturated heterocycles. The number of carbonyl (C=O) groups excluding carboxylic acids is 1. The fraction of sp³-hybridized carbons (Fsp3) is 0.421. The summed E-state index contributed by atoms with van der Waals surface area (Å²) in [6.45, 7) is 0.327. The van der Waals surface area contributed by atoms with Crippen LogP contribution in [0, 0.1) is 0 Å². The molecule has 2 amide bonds. The number of urea groups is 1. The molecule has 1 aromatic carbocycles. The topological polar surface area (TPSA) is 192 Å². The molecule has 0 spiro atoms. The molecule has 0 bridgehead atoms. The van der Waals surface area contributed by atoms with E-state index in [4.69, 9.17) is 20.4 Å². The van der Waals surface area contributed by atoms with Gasteiger partial charge in [0.2, 0.25) is 11.8 Å². The van der Waals surface area contributed by atoms with Crippen LogP contribution in [0.3, 0.4) is 0 Å². The maximum atomic E-state index is 12.6. The summed E-state index contributed by atoms with van der Waals surface area (Å²) in [6, 6.07) is 3.11. The second kappa shape index (κ2) is 9.43. The van der Waals surface area contributed by atoms with E-state index >= 15 is 0 Å². The van der Waals surface area contributed by atoms with Crippen LogP contribution in [0.25, 0.3) is 0 Å². The number of hydrogen-bond acceptors (Lipinski definition) is 8. The molecule has 1 fully saturated rings. The number of benzene rings is 1. The lowest BCUT2D eigenvalue weighted by Crippen LogP contribution is -2.48. The molecule has 1 aromatic heterocycles. The van der Waals surface area contributed by atoms with Crippen LogP contribution in [0.1, 0.15) is 48.7 Å². The van der Waals surface area contributed by atoms with Crippen molar-refractivity contribution < 1.29 is 34.1 Å². The summed E-state index contributed by atoms with van der Waals surface area (Å²) >= 11 is 0. The van der Waals surface area contributed by atoms with Crippen LogP contribution in [0.2, 0.25) is 0 Å². The summed E-state index contributed by atoms with van der Waals surface area (Å²) < 4.78 is 5.69. The van der Waals surface area contributed by atoms with Crippen LogP contribution in [0.5, 0.6) is 5.75 Å². The number of aromatic hydroxyl groups is 1. The van der Waals surface area contributed by atoms with Gasteiger partial charge in [0, 0.05) is 6.54 Å². The molecule has 12 nitrogen and oxygen atoms in total. The van der Waals surface area contributed by atoms with Gasteiger partial charge in [-0.15, -0.1) is 10.2 Å². The van der Waals surface area contributed by atoms with Crippen LogP contribution in [0.15, 0.2) is 28.7 Å². The van der Waals surface area contributed by atoms with Gasteiger partial charge in [0.15, 0.2) is 0 Å². The maximum Gasteiger partial charge on any atom is 0.326 e. The van der Waals surface area contributed by atoms with Gasteiger partial charge in [-0.05, 0) is 37.0 Å². The Labute approximate surface area is 176 Å². The Morgan fingerprint density at radius 1 is 1.23 bits per heavy atom. The zero-order chi connectivity index (χ0) is 22.5. The number of aliphatic carboxylic acids is 2. The molecule has 2 aromatic rings. The van der Waals surface area contributed by atoms with Crippen molar-refractivity contribution in [3.05, 3.63) is 41.6 Å². The summed E-state index contributed by atoms with van der Waals surface area (Å²) in [4.78, 5) is 36.0. The van der Waals surface area contributed by atoms with Gasteiger partial charge in [-0.1, -0.05) is 12.1 Å². The van der Waals surface area contributed by atoms with Crippen molar-refractivity contribution in [2.24, 2.45) is 5.73 Å². The predicted octanol–water partition coefficient (Wildman–Crippen LogP) is 0.792. The minimum absolute atomic E-state index is 0.144. The minimum Gasteiger partial charge on any atom is -0.508 e. The molecular formula is C19H23N5O7. The number of phenolic OH excluding ortho intramolecular Hbond substituents is 1. The summed E-state index contributed by atoms with van der Waals surface area (Å²) in [7, 11) is 0. The number of carbonyl (C=O) groups is 3. The molecule has 166 valence electrons. The third-order valence-electron chi connectivity index (χ3n) is 4.94. The van der Waals surface area contributed by atoms with Gasteiger partial charge in [-0.2, -0.15) is 0 Å². The fourth-order valence-electron chi connectivity index (χ4n) is 3.38. The number of nitrogens with one attached hydrogen (secondary N) is 1. The molecule has 31 heavy (non-hydrogen) atoms. The second-order valence-corrected chi connectivity index (χ2v) is 7.25. The third kappa shape index (κ3) is 5.48. The molecule has 0 unspecified atom stereocenters. The SMILES string of the molecule is N[C@@H](Cc1ccc(O)cc1)c1nnc([C@@H]2CCCN2C(=O)N[C@@H](CC(=O)O)C(=O)O)o1. The molecule has 1 aliphatic rings. The van der Waals surface area contributed by atoms with E-state index in [1.807, 2.05) is 0 Å². The Bertz CT molecular complexity index is 945. The van der Waals surface area contributed by atoms with Crippen LogP contribution in [-0.2, 0) is 16.0 Å². The minimum atomic E-state index is -1.55. The van der Waals surface area contributed by atoms with Gasteiger partial charge in [-0.3, -0.25) is 4.79 Å². The Balaban J connectivity index is 1.67. The number of nitrogens with two attached hydrogens (primary N) is 1. The van der Waals surface area contributed by atoms with Crippen molar-refractivity contribution in [1.29, 1.82) is 0 Å². The number of rotatable bonds is 8. The van der Waals surface area contributed by atoms with Gasteiger partial charge in [0.25, 0.3) is 0 Å². The molecule has 6 N–H and O–H groups in total. The molecule has 3 atom stereocenters. The maximum absolute atomic E-state index is 12.6. The van der Waals surface area contributed by atoms with Crippen molar-refractivity contribution in [3.8, 4) is 5.75 Å². The molecule has 0 saturated carbocycles. The van der Waals surface area contributed by atoms with E-state index in [0.29, 0.717) is 25.8 Å². The number of amides is 2. The van der Waals surface area contributed by atoms with E-state index in [2.05, 4.69) is 15.5 Å². The van der Waals surface area contributed by atoms with Crippen molar-refractivity contribution in [3.63, 3.8) is 0 Å². The monoisotopic (exact) mass is 433 g/mol. The standard InChI is InChI=1S/C19H23N5O7/c20-12(8-10-3-5-11(25)6-4-10)16-22-23-17(31-16)14-2-1-7-24(14)19(30)21-13(18(28)29)9-15(26)27/h3-6,12-14,25H,1-2,7-9,20H2,(H,21,30)(H,26,27)(H,28,29)/t12-,13-,14-/m0/s1. The predicted molar refractivity (Wildman–Crippen MR) is 104 cm³/mol. The van der Waals surface area contributed by atoms with Crippen LogP contribution >= 0.6 is 0 Å². The highest BCUT2D eigenvalue weighted by atomic mass is 16.4. The quantitative estimate of drug-likeness (QED) is 0.397. The Morgan fingerprint density at radius 2 is 1.94 bits per heavy atom. The zero-order valence-electron chi connectivity index (χ0n) is 16.5. The van der Waals surface area contributed by atoms with E-state index in [1.54, 1.807) is 24.3 Å². The molecule has 0 radical (unpaired) electrons. The van der Waals surface area contributed by atoms with Gasteiger partial charge in [-0.25, -0.2) is 9.59 Å². The van der Waals surface area contributed by atoms with E-state index in [0.717, 1.165) is 5.56 Å². The highest BCUT2D eigenvalue weighted by Crippen LogP contribution is 2.32.